The minimum absolute atomic E-state index is 0.309. The molecule has 19 heavy (non-hydrogen) atoms. The summed E-state index contributed by atoms with van der Waals surface area (Å²) in [7, 11) is 0. The van der Waals surface area contributed by atoms with Crippen molar-refractivity contribution in [2.24, 2.45) is 11.7 Å². The summed E-state index contributed by atoms with van der Waals surface area (Å²) >= 11 is 0. The topological polar surface area (TPSA) is 85.1 Å². The molecular weight excluding hydrogens is 242 g/mol. The fraction of sp³-hybridized carbons (Fsp3) is 0.692. The van der Waals surface area contributed by atoms with Gasteiger partial charge in [-0.2, -0.15) is 0 Å². The molecule has 0 aliphatic carbocycles. The summed E-state index contributed by atoms with van der Waals surface area (Å²) in [6, 6.07) is 1.91. The number of hydrogen-bond donors (Lipinski definition) is 3. The van der Waals surface area contributed by atoms with Gasteiger partial charge in [-0.05, 0) is 25.3 Å². The smallest absolute Gasteiger partial charge is 0.131 e. The van der Waals surface area contributed by atoms with Crippen molar-refractivity contribution in [3.63, 3.8) is 0 Å². The van der Waals surface area contributed by atoms with Crippen LogP contribution in [0.2, 0.25) is 0 Å². The molecule has 0 bridgehead atoms. The fourth-order valence-electron chi connectivity index (χ4n) is 1.94. The number of nitrogens with one attached hydrogen (secondary N) is 2. The Bertz CT molecular complexity index is 381. The van der Waals surface area contributed by atoms with E-state index in [2.05, 4.69) is 27.5 Å². The molecule has 2 atom stereocenters. The van der Waals surface area contributed by atoms with E-state index in [-0.39, 0.29) is 0 Å². The number of rotatable bonds is 7. The third-order valence-electron chi connectivity index (χ3n) is 3.24. The summed E-state index contributed by atoms with van der Waals surface area (Å²) < 4.78 is 5.56. The van der Waals surface area contributed by atoms with Crippen LogP contribution in [0.4, 0.5) is 11.6 Å². The Morgan fingerprint density at radius 1 is 1.42 bits per heavy atom. The molecule has 0 aromatic carbocycles. The molecule has 1 fully saturated rings. The van der Waals surface area contributed by atoms with Crippen LogP contribution in [-0.2, 0) is 4.74 Å². The molecular formula is C13H23N5O. The third-order valence-corrected chi connectivity index (χ3v) is 3.24. The zero-order chi connectivity index (χ0) is 13.5. The highest BCUT2D eigenvalue weighted by molar-refractivity contribution is 5.46. The predicted molar refractivity (Wildman–Crippen MR) is 76.2 cm³/mol. The summed E-state index contributed by atoms with van der Waals surface area (Å²) in [4.78, 5) is 8.40. The summed E-state index contributed by atoms with van der Waals surface area (Å²) in [5.41, 5.74) is 5.58. The van der Waals surface area contributed by atoms with Crippen molar-refractivity contribution in [3.05, 3.63) is 12.4 Å². The van der Waals surface area contributed by atoms with Crippen LogP contribution in [0.15, 0.2) is 12.4 Å². The van der Waals surface area contributed by atoms with E-state index in [0.717, 1.165) is 44.2 Å². The van der Waals surface area contributed by atoms with Crippen molar-refractivity contribution in [1.82, 2.24) is 9.97 Å². The van der Waals surface area contributed by atoms with Crippen LogP contribution in [0, 0.1) is 5.92 Å². The van der Waals surface area contributed by atoms with Gasteiger partial charge in [0, 0.05) is 25.8 Å². The second-order valence-corrected chi connectivity index (χ2v) is 5.03. The Morgan fingerprint density at radius 2 is 2.21 bits per heavy atom. The Balaban J connectivity index is 1.80. The van der Waals surface area contributed by atoms with E-state index in [1.54, 1.807) is 6.33 Å². The maximum Gasteiger partial charge on any atom is 0.131 e. The van der Waals surface area contributed by atoms with Crippen molar-refractivity contribution < 1.29 is 4.74 Å². The first-order chi connectivity index (χ1) is 9.28. The molecule has 0 amide bonds. The minimum atomic E-state index is 0.309. The minimum Gasteiger partial charge on any atom is -0.376 e. The van der Waals surface area contributed by atoms with Gasteiger partial charge >= 0.3 is 0 Å². The van der Waals surface area contributed by atoms with E-state index in [0.29, 0.717) is 18.6 Å². The van der Waals surface area contributed by atoms with Crippen LogP contribution in [0.3, 0.4) is 0 Å². The molecule has 0 spiro atoms. The highest BCUT2D eigenvalue weighted by atomic mass is 16.5. The van der Waals surface area contributed by atoms with Crippen molar-refractivity contribution in [3.8, 4) is 0 Å². The van der Waals surface area contributed by atoms with Crippen LogP contribution >= 0.6 is 0 Å². The average molecular weight is 265 g/mol. The Labute approximate surface area is 114 Å². The molecule has 6 heteroatoms. The molecule has 1 aromatic rings. The van der Waals surface area contributed by atoms with Gasteiger partial charge in [-0.3, -0.25) is 0 Å². The van der Waals surface area contributed by atoms with Gasteiger partial charge in [-0.25, -0.2) is 9.97 Å². The highest BCUT2D eigenvalue weighted by Crippen LogP contribution is 2.14. The third kappa shape index (κ3) is 4.65. The number of anilines is 2. The first-order valence-electron chi connectivity index (χ1n) is 6.89. The number of nitrogens with two attached hydrogens (primary N) is 1. The lowest BCUT2D eigenvalue weighted by molar-refractivity contribution is 0.120. The van der Waals surface area contributed by atoms with Gasteiger partial charge < -0.3 is 21.1 Å². The van der Waals surface area contributed by atoms with Gasteiger partial charge in [0.1, 0.15) is 18.0 Å². The van der Waals surface area contributed by atoms with Gasteiger partial charge in [0.15, 0.2) is 0 Å². The monoisotopic (exact) mass is 265 g/mol. The Hall–Kier alpha value is -1.40. The zero-order valence-corrected chi connectivity index (χ0v) is 11.4. The molecule has 2 heterocycles. The standard InChI is InChI=1S/C13H23N5O/c1-10(6-14)7-15-12-5-13(18-9-17-12)16-8-11-3-2-4-19-11/h5,9-11H,2-4,6-8,14H2,1H3,(H2,15,16,17,18). The van der Waals surface area contributed by atoms with Crippen LogP contribution in [-0.4, -0.2) is 42.3 Å². The largest absolute Gasteiger partial charge is 0.376 e. The summed E-state index contributed by atoms with van der Waals surface area (Å²) in [6.07, 6.45) is 4.15. The highest BCUT2D eigenvalue weighted by Gasteiger charge is 2.15. The van der Waals surface area contributed by atoms with Crippen LogP contribution in [0.1, 0.15) is 19.8 Å². The maximum atomic E-state index is 5.58. The normalized spacial score (nSPS) is 20.2. The molecule has 106 valence electrons. The van der Waals surface area contributed by atoms with E-state index >= 15 is 0 Å². The predicted octanol–water partition coefficient (Wildman–Crippen LogP) is 1.07. The van der Waals surface area contributed by atoms with Gasteiger partial charge in [-0.1, -0.05) is 6.92 Å². The molecule has 1 aliphatic rings. The molecule has 2 rings (SSSR count). The second kappa shape index (κ2) is 7.25. The maximum absolute atomic E-state index is 5.58. The van der Waals surface area contributed by atoms with E-state index in [1.165, 1.54) is 0 Å². The summed E-state index contributed by atoms with van der Waals surface area (Å²) in [5.74, 6) is 2.08. The molecule has 0 saturated carbocycles. The van der Waals surface area contributed by atoms with Gasteiger partial charge in [0.05, 0.1) is 6.10 Å². The lowest BCUT2D eigenvalue weighted by Crippen LogP contribution is -2.21. The molecule has 0 radical (unpaired) electrons. The van der Waals surface area contributed by atoms with E-state index in [4.69, 9.17) is 10.5 Å². The number of aromatic nitrogens is 2. The van der Waals surface area contributed by atoms with E-state index < -0.39 is 0 Å². The lowest BCUT2D eigenvalue weighted by atomic mass is 10.2. The van der Waals surface area contributed by atoms with Crippen molar-refractivity contribution in [2.45, 2.75) is 25.9 Å². The second-order valence-electron chi connectivity index (χ2n) is 5.03. The van der Waals surface area contributed by atoms with Crippen LogP contribution < -0.4 is 16.4 Å². The first-order valence-corrected chi connectivity index (χ1v) is 6.89. The molecule has 2 unspecified atom stereocenters. The fourth-order valence-corrected chi connectivity index (χ4v) is 1.94. The van der Waals surface area contributed by atoms with Gasteiger partial charge in [0.2, 0.25) is 0 Å². The Kier molecular flexibility index (Phi) is 5.35. The van der Waals surface area contributed by atoms with Gasteiger partial charge in [0.25, 0.3) is 0 Å². The molecule has 1 saturated heterocycles. The average Bonchev–Trinajstić information content (AvgIpc) is 2.96. The lowest BCUT2D eigenvalue weighted by Gasteiger charge is -2.13. The first kappa shape index (κ1) is 14.0. The van der Waals surface area contributed by atoms with E-state index in [1.807, 2.05) is 6.07 Å². The van der Waals surface area contributed by atoms with Crippen LogP contribution in [0.5, 0.6) is 0 Å². The Morgan fingerprint density at radius 3 is 2.89 bits per heavy atom. The van der Waals surface area contributed by atoms with Crippen molar-refractivity contribution in [1.29, 1.82) is 0 Å². The molecule has 4 N–H and O–H groups in total. The molecule has 6 nitrogen and oxygen atoms in total. The molecule has 1 aliphatic heterocycles. The van der Waals surface area contributed by atoms with Crippen molar-refractivity contribution >= 4 is 11.6 Å². The number of nitrogens with zero attached hydrogens (tertiary/aromatic N) is 2. The van der Waals surface area contributed by atoms with E-state index in [9.17, 15) is 0 Å². The number of ether oxygens (including phenoxy) is 1. The zero-order valence-electron chi connectivity index (χ0n) is 11.4. The van der Waals surface area contributed by atoms with Crippen molar-refractivity contribution in [2.75, 3.05) is 36.9 Å². The SMILES string of the molecule is CC(CN)CNc1cc(NCC2CCCO2)ncn1. The number of hydrogen-bond acceptors (Lipinski definition) is 6. The quantitative estimate of drug-likeness (QED) is 0.684. The summed E-state index contributed by atoms with van der Waals surface area (Å²) in [6.45, 7) is 5.27. The molecule has 1 aromatic heterocycles. The van der Waals surface area contributed by atoms with Gasteiger partial charge in [-0.15, -0.1) is 0 Å². The van der Waals surface area contributed by atoms with Crippen LogP contribution in [0.25, 0.3) is 0 Å². The summed E-state index contributed by atoms with van der Waals surface area (Å²) in [5, 5.41) is 6.55.